The number of para-hydroxylation sites is 2. The third-order valence-corrected chi connectivity index (χ3v) is 6.55. The molecule has 0 aliphatic rings. The maximum atomic E-state index is 9.07. The molecule has 3 aromatic carbocycles. The lowest BCUT2D eigenvalue weighted by molar-refractivity contribution is 0.384. The van der Waals surface area contributed by atoms with Gasteiger partial charge in [-0.15, -0.1) is 0 Å². The number of hydrogen-bond donors (Lipinski definition) is 2. The van der Waals surface area contributed by atoms with E-state index in [4.69, 9.17) is 24.7 Å². The maximum Gasteiger partial charge on any atom is 0.180 e. The van der Waals surface area contributed by atoms with Gasteiger partial charge in [0.15, 0.2) is 11.6 Å². The van der Waals surface area contributed by atoms with Gasteiger partial charge < -0.3 is 24.4 Å². The van der Waals surface area contributed by atoms with Crippen LogP contribution in [0.2, 0.25) is 0 Å². The Balaban J connectivity index is 1.71. The molecule has 0 aliphatic carbocycles. The van der Waals surface area contributed by atoms with Crippen molar-refractivity contribution in [1.29, 1.82) is 5.26 Å². The van der Waals surface area contributed by atoms with E-state index in [-0.39, 0.29) is 0 Å². The van der Waals surface area contributed by atoms with Gasteiger partial charge in [0.05, 0.1) is 42.6 Å². The molecular weight excluding hydrogens is 484 g/mol. The molecule has 0 aliphatic heterocycles. The summed E-state index contributed by atoms with van der Waals surface area (Å²) in [6, 6.07) is 21.1. The van der Waals surface area contributed by atoms with Crippen LogP contribution >= 0.6 is 11.9 Å². The first-order valence-corrected chi connectivity index (χ1v) is 12.7. The lowest BCUT2D eigenvalue weighted by Gasteiger charge is -2.19. The Morgan fingerprint density at radius 3 is 2.27 bits per heavy atom. The average molecular weight is 515 g/mol. The van der Waals surface area contributed by atoms with E-state index in [1.165, 1.54) is 11.9 Å². The van der Waals surface area contributed by atoms with Gasteiger partial charge in [0, 0.05) is 22.6 Å². The summed E-state index contributed by atoms with van der Waals surface area (Å²) < 4.78 is 14.6. The van der Waals surface area contributed by atoms with Crippen LogP contribution in [0.4, 0.5) is 17.3 Å². The van der Waals surface area contributed by atoms with Gasteiger partial charge in [0.1, 0.15) is 11.5 Å². The van der Waals surface area contributed by atoms with Crippen LogP contribution in [-0.4, -0.2) is 49.7 Å². The van der Waals surface area contributed by atoms with Crippen LogP contribution in [0.15, 0.2) is 65.6 Å². The Labute approximate surface area is 221 Å². The maximum absolute atomic E-state index is 9.07. The van der Waals surface area contributed by atoms with E-state index in [1.54, 1.807) is 26.4 Å². The number of nitrogens with one attached hydrogen (secondary N) is 2. The Kier molecular flexibility index (Phi) is 8.67. The van der Waals surface area contributed by atoms with Crippen molar-refractivity contribution >= 4 is 40.3 Å². The van der Waals surface area contributed by atoms with Crippen LogP contribution in [0.5, 0.6) is 11.5 Å². The summed E-state index contributed by atoms with van der Waals surface area (Å²) >= 11 is 1.41. The fourth-order valence-electron chi connectivity index (χ4n) is 3.85. The van der Waals surface area contributed by atoms with Gasteiger partial charge in [-0.3, -0.25) is 0 Å². The molecule has 8 nitrogen and oxygen atoms in total. The second-order valence-electron chi connectivity index (χ2n) is 8.64. The summed E-state index contributed by atoms with van der Waals surface area (Å²) in [5.74, 6) is 2.62. The number of aromatic nitrogens is 2. The van der Waals surface area contributed by atoms with E-state index in [0.29, 0.717) is 22.9 Å². The highest BCUT2D eigenvalue weighted by molar-refractivity contribution is 8.00. The number of nitrogens with zero attached hydrogens (tertiary/aromatic N) is 4. The minimum absolute atomic E-state index is 0.587. The zero-order valence-electron chi connectivity index (χ0n) is 21.4. The number of hydrogen-bond acceptors (Lipinski definition) is 9. The van der Waals surface area contributed by atoms with Crippen LogP contribution in [-0.2, 0) is 6.42 Å². The van der Waals surface area contributed by atoms with Crippen LogP contribution in [0.1, 0.15) is 17.5 Å². The monoisotopic (exact) mass is 514 g/mol. The second-order valence-corrected chi connectivity index (χ2v) is 9.52. The average Bonchev–Trinajstić information content (AvgIpc) is 2.92. The minimum Gasteiger partial charge on any atom is -0.497 e. The second kappa shape index (κ2) is 12.3. The molecular formula is C28H30N6O2S. The summed E-state index contributed by atoms with van der Waals surface area (Å²) in [6.07, 6.45) is 1.78. The number of ether oxygens (including phenoxy) is 2. The summed E-state index contributed by atoms with van der Waals surface area (Å²) in [4.78, 5) is 12.8. The van der Waals surface area contributed by atoms with Gasteiger partial charge in [-0.25, -0.2) is 9.97 Å². The number of methoxy groups -OCH3 is 2. The normalized spacial score (nSPS) is 10.8. The molecule has 0 fully saturated rings. The number of rotatable bonds is 11. The van der Waals surface area contributed by atoms with Gasteiger partial charge in [0.25, 0.3) is 0 Å². The number of anilines is 3. The zero-order valence-corrected chi connectivity index (χ0v) is 22.2. The molecule has 0 bridgehead atoms. The Morgan fingerprint density at radius 1 is 0.946 bits per heavy atom. The molecule has 1 aromatic heterocycles. The van der Waals surface area contributed by atoms with Crippen molar-refractivity contribution in [3.05, 3.63) is 71.8 Å². The van der Waals surface area contributed by atoms with Gasteiger partial charge >= 0.3 is 0 Å². The van der Waals surface area contributed by atoms with E-state index < -0.39 is 0 Å². The van der Waals surface area contributed by atoms with Gasteiger partial charge in [-0.1, -0.05) is 12.1 Å². The van der Waals surface area contributed by atoms with Crippen molar-refractivity contribution in [2.45, 2.75) is 17.7 Å². The summed E-state index contributed by atoms with van der Waals surface area (Å²) in [7, 11) is 7.45. The van der Waals surface area contributed by atoms with Gasteiger partial charge in [-0.2, -0.15) is 5.26 Å². The molecule has 4 aromatic rings. The quantitative estimate of drug-likeness (QED) is 0.238. The molecule has 9 heteroatoms. The largest absolute Gasteiger partial charge is 0.497 e. The van der Waals surface area contributed by atoms with E-state index in [1.807, 2.05) is 48.5 Å². The molecule has 0 radical (unpaired) electrons. The minimum atomic E-state index is 0.587. The van der Waals surface area contributed by atoms with E-state index in [0.717, 1.165) is 52.3 Å². The first-order chi connectivity index (χ1) is 18.0. The molecule has 0 unspecified atom stereocenters. The Morgan fingerprint density at radius 2 is 1.65 bits per heavy atom. The topological polar surface area (TPSA) is 95.3 Å². The van der Waals surface area contributed by atoms with Crippen LogP contribution in [0.25, 0.3) is 11.0 Å². The molecule has 0 saturated heterocycles. The van der Waals surface area contributed by atoms with Crippen molar-refractivity contribution in [3.8, 4) is 17.6 Å². The fourth-order valence-corrected chi connectivity index (χ4v) is 4.48. The first kappa shape index (κ1) is 26.1. The summed E-state index contributed by atoms with van der Waals surface area (Å²) in [5.41, 5.74) is 4.08. The highest BCUT2D eigenvalue weighted by Crippen LogP contribution is 2.37. The third kappa shape index (κ3) is 6.61. The standard InChI is InChI=1S/C28H30N6O2S/c1-34(2)15-7-8-22-25(16-20(35-3)17-26(22)36-4)32-27-28(31-24-10-6-5-9-23(24)30-27)33-37-21-13-11-19(18-29)12-14-21/h5-6,9-14,16-17H,7-8,15H2,1-4H3,(H,30,32)(H,31,33). The van der Waals surface area contributed by atoms with E-state index in [2.05, 4.69) is 35.1 Å². The first-order valence-electron chi connectivity index (χ1n) is 11.9. The van der Waals surface area contributed by atoms with E-state index in [9.17, 15) is 0 Å². The number of fused-ring (bicyclic) bond motifs is 1. The Hall–Kier alpha value is -4.00. The fraction of sp³-hybridized carbons (Fsp3) is 0.250. The van der Waals surface area contributed by atoms with Crippen molar-refractivity contribution in [2.24, 2.45) is 0 Å². The molecule has 0 atom stereocenters. The van der Waals surface area contributed by atoms with Gasteiger partial charge in [0.2, 0.25) is 0 Å². The SMILES string of the molecule is COc1cc(Nc2nc3ccccc3nc2NSc2ccc(C#N)cc2)c(CCCN(C)C)c(OC)c1. The predicted molar refractivity (Wildman–Crippen MR) is 150 cm³/mol. The van der Waals surface area contributed by atoms with Crippen molar-refractivity contribution in [3.63, 3.8) is 0 Å². The molecule has 0 amide bonds. The van der Waals surface area contributed by atoms with Crippen molar-refractivity contribution in [2.75, 3.05) is 44.9 Å². The third-order valence-electron chi connectivity index (χ3n) is 5.74. The van der Waals surface area contributed by atoms with Crippen molar-refractivity contribution < 1.29 is 9.47 Å². The lowest BCUT2D eigenvalue weighted by atomic mass is 10.0. The molecule has 1 heterocycles. The number of benzene rings is 3. The molecule has 2 N–H and O–H groups in total. The van der Waals surface area contributed by atoms with Gasteiger partial charge in [-0.05, 0) is 81.8 Å². The smallest absolute Gasteiger partial charge is 0.180 e. The summed E-state index contributed by atoms with van der Waals surface area (Å²) in [5, 5.41) is 12.6. The predicted octanol–water partition coefficient (Wildman–Crippen LogP) is 5.88. The molecule has 37 heavy (non-hydrogen) atoms. The highest BCUT2D eigenvalue weighted by atomic mass is 32.2. The summed E-state index contributed by atoms with van der Waals surface area (Å²) in [6.45, 7) is 0.957. The van der Waals surface area contributed by atoms with Crippen molar-refractivity contribution in [1.82, 2.24) is 14.9 Å². The number of nitriles is 1. The van der Waals surface area contributed by atoms with Crippen LogP contribution in [0, 0.1) is 11.3 Å². The molecule has 4 rings (SSSR count). The van der Waals surface area contributed by atoms with E-state index >= 15 is 0 Å². The zero-order chi connectivity index (χ0) is 26.2. The van der Waals surface area contributed by atoms with Crippen LogP contribution < -0.4 is 19.5 Å². The molecule has 0 spiro atoms. The van der Waals surface area contributed by atoms with Crippen LogP contribution in [0.3, 0.4) is 0 Å². The Bertz CT molecular complexity index is 1400. The highest BCUT2D eigenvalue weighted by Gasteiger charge is 2.17. The molecule has 190 valence electrons. The lowest BCUT2D eigenvalue weighted by Crippen LogP contribution is -2.14. The molecule has 0 saturated carbocycles.